The summed E-state index contributed by atoms with van der Waals surface area (Å²) in [7, 11) is 0. The highest BCUT2D eigenvalue weighted by molar-refractivity contribution is 9.10. The van der Waals surface area contributed by atoms with Crippen LogP contribution in [0.1, 0.15) is 17.9 Å². The van der Waals surface area contributed by atoms with Crippen LogP contribution in [0.2, 0.25) is 0 Å². The Kier molecular flexibility index (Phi) is 2.43. The summed E-state index contributed by atoms with van der Waals surface area (Å²) in [6.45, 7) is 3.91. The molecule has 1 atom stereocenters. The molecule has 3 nitrogen and oxygen atoms in total. The van der Waals surface area contributed by atoms with Crippen LogP contribution in [0.5, 0.6) is 0 Å². The van der Waals surface area contributed by atoms with Gasteiger partial charge in [0.25, 0.3) is 0 Å². The molecular weight excluding hydrogens is 230 g/mol. The summed E-state index contributed by atoms with van der Waals surface area (Å²) in [5.41, 5.74) is 6.99. The summed E-state index contributed by atoms with van der Waals surface area (Å²) in [5.74, 6) is 1.75. The molecule has 0 saturated heterocycles. The van der Waals surface area contributed by atoms with E-state index < -0.39 is 0 Å². The standard InChI is InChI=1S/C9H14BrN3/c1-6-12-9(10)8-4-7(5-11)2-3-13(6)8/h7H,2-5,11H2,1H3. The third-order valence-corrected chi connectivity index (χ3v) is 3.43. The number of hydrogen-bond acceptors (Lipinski definition) is 2. The first-order chi connectivity index (χ1) is 6.22. The number of aromatic nitrogens is 2. The van der Waals surface area contributed by atoms with E-state index in [9.17, 15) is 0 Å². The molecule has 0 bridgehead atoms. The number of fused-ring (bicyclic) bond motifs is 1. The highest BCUT2D eigenvalue weighted by Gasteiger charge is 2.21. The molecule has 2 rings (SSSR count). The van der Waals surface area contributed by atoms with Gasteiger partial charge in [-0.3, -0.25) is 0 Å². The zero-order valence-electron chi connectivity index (χ0n) is 7.76. The first kappa shape index (κ1) is 9.21. The normalized spacial score (nSPS) is 21.6. The molecule has 0 aromatic carbocycles. The summed E-state index contributed by atoms with van der Waals surface area (Å²) in [4.78, 5) is 4.40. The van der Waals surface area contributed by atoms with E-state index in [4.69, 9.17) is 5.73 Å². The molecule has 2 N–H and O–H groups in total. The maximum absolute atomic E-state index is 5.67. The predicted octanol–water partition coefficient (Wildman–Crippen LogP) is 1.48. The Morgan fingerprint density at radius 2 is 2.46 bits per heavy atom. The Balaban J connectivity index is 2.33. The lowest BCUT2D eigenvalue weighted by Crippen LogP contribution is -2.25. The second kappa shape index (κ2) is 3.42. The van der Waals surface area contributed by atoms with Gasteiger partial charge in [0.2, 0.25) is 0 Å². The summed E-state index contributed by atoms with van der Waals surface area (Å²) < 4.78 is 3.29. The van der Waals surface area contributed by atoms with Crippen LogP contribution in [0.3, 0.4) is 0 Å². The monoisotopic (exact) mass is 243 g/mol. The third-order valence-electron chi connectivity index (χ3n) is 2.79. The Labute approximate surface area is 86.5 Å². The first-order valence-corrected chi connectivity index (χ1v) is 5.43. The van der Waals surface area contributed by atoms with Crippen molar-refractivity contribution < 1.29 is 0 Å². The molecule has 1 aromatic rings. The van der Waals surface area contributed by atoms with Crippen molar-refractivity contribution in [3.05, 3.63) is 16.1 Å². The Hall–Kier alpha value is -0.350. The molecule has 1 unspecified atom stereocenters. The molecule has 4 heteroatoms. The molecule has 0 spiro atoms. The lowest BCUT2D eigenvalue weighted by atomic mass is 9.96. The van der Waals surface area contributed by atoms with Crippen LogP contribution in [-0.4, -0.2) is 16.1 Å². The van der Waals surface area contributed by atoms with Crippen molar-refractivity contribution in [3.63, 3.8) is 0 Å². The molecule has 2 heterocycles. The van der Waals surface area contributed by atoms with Gasteiger partial charge in [-0.1, -0.05) is 0 Å². The van der Waals surface area contributed by atoms with Crippen molar-refractivity contribution in [3.8, 4) is 0 Å². The highest BCUT2D eigenvalue weighted by Crippen LogP contribution is 2.26. The minimum atomic E-state index is 0.639. The fourth-order valence-corrected chi connectivity index (χ4v) is 2.59. The van der Waals surface area contributed by atoms with Crippen molar-refractivity contribution in [2.45, 2.75) is 26.3 Å². The van der Waals surface area contributed by atoms with Crippen LogP contribution in [-0.2, 0) is 13.0 Å². The number of aryl methyl sites for hydroxylation is 1. The maximum Gasteiger partial charge on any atom is 0.127 e. The molecular formula is C9H14BrN3. The van der Waals surface area contributed by atoms with E-state index in [1.807, 2.05) is 0 Å². The van der Waals surface area contributed by atoms with Gasteiger partial charge in [-0.25, -0.2) is 4.98 Å². The average molecular weight is 244 g/mol. The van der Waals surface area contributed by atoms with E-state index in [1.165, 1.54) is 12.1 Å². The molecule has 1 aliphatic heterocycles. The minimum absolute atomic E-state index is 0.639. The van der Waals surface area contributed by atoms with Gasteiger partial charge in [-0.15, -0.1) is 0 Å². The van der Waals surface area contributed by atoms with E-state index in [-0.39, 0.29) is 0 Å². The number of halogens is 1. The fourth-order valence-electron chi connectivity index (χ4n) is 1.95. The maximum atomic E-state index is 5.67. The second-order valence-corrected chi connectivity index (χ2v) is 4.39. The molecule has 0 fully saturated rings. The molecule has 1 aromatic heterocycles. The molecule has 0 aliphatic carbocycles. The van der Waals surface area contributed by atoms with Crippen molar-refractivity contribution in [2.24, 2.45) is 11.7 Å². The molecule has 1 aliphatic rings. The molecule has 0 saturated carbocycles. The van der Waals surface area contributed by atoms with Gasteiger partial charge in [0.15, 0.2) is 0 Å². The first-order valence-electron chi connectivity index (χ1n) is 4.64. The smallest absolute Gasteiger partial charge is 0.127 e. The largest absolute Gasteiger partial charge is 0.331 e. The molecule has 0 radical (unpaired) electrons. The lowest BCUT2D eigenvalue weighted by Gasteiger charge is -2.23. The van der Waals surface area contributed by atoms with E-state index in [1.54, 1.807) is 0 Å². The third kappa shape index (κ3) is 1.53. The number of nitrogens with two attached hydrogens (primary N) is 1. The Morgan fingerprint density at radius 3 is 3.15 bits per heavy atom. The van der Waals surface area contributed by atoms with Gasteiger partial charge >= 0.3 is 0 Å². The van der Waals surface area contributed by atoms with Crippen LogP contribution in [0.15, 0.2) is 4.60 Å². The number of hydrogen-bond donors (Lipinski definition) is 1. The van der Waals surface area contributed by atoms with Crippen LogP contribution >= 0.6 is 15.9 Å². The van der Waals surface area contributed by atoms with Gasteiger partial charge in [-0.05, 0) is 48.2 Å². The van der Waals surface area contributed by atoms with Crippen molar-refractivity contribution in [1.29, 1.82) is 0 Å². The second-order valence-electron chi connectivity index (χ2n) is 3.64. The van der Waals surface area contributed by atoms with E-state index in [0.717, 1.165) is 29.9 Å². The molecule has 0 amide bonds. The highest BCUT2D eigenvalue weighted by atomic mass is 79.9. The van der Waals surface area contributed by atoms with Crippen LogP contribution in [0.4, 0.5) is 0 Å². The number of rotatable bonds is 1. The Morgan fingerprint density at radius 1 is 1.69 bits per heavy atom. The van der Waals surface area contributed by atoms with Gasteiger partial charge in [0.05, 0.1) is 5.69 Å². The van der Waals surface area contributed by atoms with Gasteiger partial charge in [0.1, 0.15) is 10.4 Å². The topological polar surface area (TPSA) is 43.8 Å². The number of imidazole rings is 1. The SMILES string of the molecule is Cc1nc(Br)c2n1CCC(CN)C2. The van der Waals surface area contributed by atoms with Crippen molar-refractivity contribution in [1.82, 2.24) is 9.55 Å². The Bertz CT molecular complexity index is 319. The summed E-state index contributed by atoms with van der Waals surface area (Å²) >= 11 is 3.49. The predicted molar refractivity (Wildman–Crippen MR) is 55.5 cm³/mol. The summed E-state index contributed by atoms with van der Waals surface area (Å²) in [6, 6.07) is 0. The molecule has 72 valence electrons. The van der Waals surface area contributed by atoms with E-state index >= 15 is 0 Å². The fraction of sp³-hybridized carbons (Fsp3) is 0.667. The van der Waals surface area contributed by atoms with Crippen LogP contribution in [0, 0.1) is 12.8 Å². The van der Waals surface area contributed by atoms with Crippen molar-refractivity contribution >= 4 is 15.9 Å². The average Bonchev–Trinajstić information content (AvgIpc) is 2.42. The van der Waals surface area contributed by atoms with Crippen molar-refractivity contribution in [2.75, 3.05) is 6.54 Å². The molecule has 13 heavy (non-hydrogen) atoms. The van der Waals surface area contributed by atoms with Gasteiger partial charge in [0, 0.05) is 6.54 Å². The minimum Gasteiger partial charge on any atom is -0.331 e. The van der Waals surface area contributed by atoms with Gasteiger partial charge < -0.3 is 10.3 Å². The van der Waals surface area contributed by atoms with Crippen LogP contribution in [0.25, 0.3) is 0 Å². The van der Waals surface area contributed by atoms with Gasteiger partial charge in [-0.2, -0.15) is 0 Å². The zero-order valence-corrected chi connectivity index (χ0v) is 9.34. The summed E-state index contributed by atoms with van der Waals surface area (Å²) in [6.07, 6.45) is 2.26. The van der Waals surface area contributed by atoms with E-state index in [2.05, 4.69) is 32.4 Å². The van der Waals surface area contributed by atoms with Crippen LogP contribution < -0.4 is 5.73 Å². The van der Waals surface area contributed by atoms with E-state index in [0.29, 0.717) is 5.92 Å². The summed E-state index contributed by atoms with van der Waals surface area (Å²) in [5, 5.41) is 0. The quantitative estimate of drug-likeness (QED) is 0.813. The zero-order chi connectivity index (χ0) is 9.42. The number of nitrogens with zero attached hydrogens (tertiary/aromatic N) is 2. The lowest BCUT2D eigenvalue weighted by molar-refractivity contribution is 0.391.